The summed E-state index contributed by atoms with van der Waals surface area (Å²) < 4.78 is 40.7. The second-order valence-corrected chi connectivity index (χ2v) is 7.04. The molecule has 0 spiro atoms. The minimum absolute atomic E-state index is 0.00407. The second kappa shape index (κ2) is 8.39. The predicted octanol–water partition coefficient (Wildman–Crippen LogP) is 1.53. The Kier molecular flexibility index (Phi) is 6.44. The summed E-state index contributed by atoms with van der Waals surface area (Å²) in [7, 11) is 0. The predicted molar refractivity (Wildman–Crippen MR) is 91.4 cm³/mol. The van der Waals surface area contributed by atoms with Gasteiger partial charge in [0.25, 0.3) is 5.91 Å². The Hall–Kier alpha value is -2.60. The van der Waals surface area contributed by atoms with Crippen molar-refractivity contribution in [2.24, 2.45) is 0 Å². The molecule has 27 heavy (non-hydrogen) atoms. The van der Waals surface area contributed by atoms with Gasteiger partial charge in [0.05, 0.1) is 19.2 Å². The van der Waals surface area contributed by atoms with Gasteiger partial charge >= 0.3 is 0 Å². The van der Waals surface area contributed by atoms with Gasteiger partial charge in [0.1, 0.15) is 29.4 Å². The van der Waals surface area contributed by atoms with Crippen molar-refractivity contribution in [3.63, 3.8) is 0 Å². The van der Waals surface area contributed by atoms with Gasteiger partial charge in [-0.25, -0.2) is 13.2 Å². The maximum absolute atomic E-state index is 13.6. The molecular weight excluding hydrogens is 361 g/mol. The van der Waals surface area contributed by atoms with Crippen LogP contribution in [0.5, 0.6) is 0 Å². The van der Waals surface area contributed by atoms with Gasteiger partial charge in [-0.2, -0.15) is 5.26 Å². The number of likely N-dealkylation sites (tertiary alicyclic amines) is 1. The number of hydrogen-bond donors (Lipinski definition) is 2. The average molecular weight is 382 g/mol. The molecule has 1 fully saturated rings. The number of halogens is 3. The van der Waals surface area contributed by atoms with E-state index in [1.807, 2.05) is 6.07 Å². The topological polar surface area (TPSA) is 85.2 Å². The highest BCUT2D eigenvalue weighted by Gasteiger charge is 2.35. The molecule has 0 aromatic heterocycles. The third kappa shape index (κ3) is 5.20. The molecule has 1 aliphatic rings. The number of amides is 2. The van der Waals surface area contributed by atoms with E-state index in [9.17, 15) is 22.8 Å². The van der Waals surface area contributed by atoms with Gasteiger partial charge in [-0.15, -0.1) is 0 Å². The maximum atomic E-state index is 13.6. The molecule has 0 radical (unpaired) electrons. The van der Waals surface area contributed by atoms with Crippen LogP contribution in [0.15, 0.2) is 18.2 Å². The molecule has 9 heteroatoms. The zero-order valence-electron chi connectivity index (χ0n) is 15.1. The van der Waals surface area contributed by atoms with Crippen molar-refractivity contribution in [1.29, 1.82) is 5.26 Å². The van der Waals surface area contributed by atoms with Gasteiger partial charge < -0.3 is 15.5 Å². The van der Waals surface area contributed by atoms with Crippen molar-refractivity contribution in [3.05, 3.63) is 35.4 Å². The van der Waals surface area contributed by atoms with Gasteiger partial charge in [0.15, 0.2) is 0 Å². The number of nitrogens with one attached hydrogen (secondary N) is 2. The Balaban J connectivity index is 1.89. The van der Waals surface area contributed by atoms with Crippen LogP contribution < -0.4 is 10.6 Å². The Morgan fingerprint density at radius 3 is 2.56 bits per heavy atom. The summed E-state index contributed by atoms with van der Waals surface area (Å²) >= 11 is 0. The van der Waals surface area contributed by atoms with E-state index in [4.69, 9.17) is 5.26 Å². The number of carbonyl (C=O) groups excluding carboxylic acids is 2. The molecule has 0 aliphatic carbocycles. The highest BCUT2D eigenvalue weighted by atomic mass is 19.1. The smallest absolute Gasteiger partial charge is 0.257 e. The van der Waals surface area contributed by atoms with Gasteiger partial charge in [-0.3, -0.25) is 9.59 Å². The molecule has 6 nitrogen and oxygen atoms in total. The summed E-state index contributed by atoms with van der Waals surface area (Å²) in [5.74, 6) is -3.27. The van der Waals surface area contributed by atoms with Crippen LogP contribution in [0.3, 0.4) is 0 Å². The fourth-order valence-corrected chi connectivity index (χ4v) is 2.77. The molecule has 2 N–H and O–H groups in total. The van der Waals surface area contributed by atoms with E-state index in [2.05, 4.69) is 10.6 Å². The van der Waals surface area contributed by atoms with Crippen molar-refractivity contribution in [2.45, 2.75) is 38.0 Å². The number of carbonyl (C=O) groups is 2. The molecule has 1 aromatic rings. The van der Waals surface area contributed by atoms with Crippen molar-refractivity contribution in [2.75, 3.05) is 19.6 Å². The van der Waals surface area contributed by atoms with Gasteiger partial charge in [0, 0.05) is 18.5 Å². The lowest BCUT2D eigenvalue weighted by molar-refractivity contribution is -0.130. The SMILES string of the molecule is CC(C)(CNC(=O)c1c(F)cccc1F)NCC(=O)N1C[C@@H](F)C[C@H]1C#N. The first-order valence-corrected chi connectivity index (χ1v) is 8.45. The third-order valence-electron chi connectivity index (χ3n) is 4.32. The lowest BCUT2D eigenvalue weighted by Crippen LogP contribution is -2.53. The summed E-state index contributed by atoms with van der Waals surface area (Å²) in [4.78, 5) is 25.4. The van der Waals surface area contributed by atoms with Gasteiger partial charge in [-0.1, -0.05) is 6.07 Å². The van der Waals surface area contributed by atoms with E-state index < -0.39 is 46.8 Å². The van der Waals surface area contributed by atoms with Crippen LogP contribution >= 0.6 is 0 Å². The lowest BCUT2D eigenvalue weighted by atomic mass is 10.1. The number of hydrogen-bond acceptors (Lipinski definition) is 4. The molecule has 1 heterocycles. The quantitative estimate of drug-likeness (QED) is 0.781. The normalized spacial score (nSPS) is 19.6. The van der Waals surface area contributed by atoms with Crippen LogP contribution in [0.4, 0.5) is 13.2 Å². The maximum Gasteiger partial charge on any atom is 0.257 e. The van der Waals surface area contributed by atoms with Crippen LogP contribution in [-0.2, 0) is 4.79 Å². The average Bonchev–Trinajstić information content (AvgIpc) is 2.99. The Morgan fingerprint density at radius 2 is 1.96 bits per heavy atom. The minimum Gasteiger partial charge on any atom is -0.350 e. The molecule has 1 aromatic carbocycles. The standard InChI is InChI=1S/C18H21F3N4O2/c1-18(2,10-23-17(27)16-13(20)4-3-5-14(16)21)24-8-15(26)25-9-11(19)6-12(25)7-22/h3-5,11-12,24H,6,8-10H2,1-2H3,(H,23,27)/t11-,12-/m0/s1. The van der Waals surface area contributed by atoms with Gasteiger partial charge in [0.2, 0.25) is 5.91 Å². The Morgan fingerprint density at radius 1 is 1.33 bits per heavy atom. The summed E-state index contributed by atoms with van der Waals surface area (Å²) in [5, 5.41) is 14.3. The van der Waals surface area contributed by atoms with E-state index in [1.54, 1.807) is 13.8 Å². The number of alkyl halides is 1. The van der Waals surface area contributed by atoms with E-state index in [0.29, 0.717) is 0 Å². The summed E-state index contributed by atoms with van der Waals surface area (Å²) in [6, 6.07) is 4.24. The van der Waals surface area contributed by atoms with Crippen LogP contribution in [-0.4, -0.2) is 54.1 Å². The number of rotatable bonds is 6. The van der Waals surface area contributed by atoms with Crippen molar-refractivity contribution in [1.82, 2.24) is 15.5 Å². The van der Waals surface area contributed by atoms with Crippen molar-refractivity contribution < 1.29 is 22.8 Å². The van der Waals surface area contributed by atoms with E-state index >= 15 is 0 Å². The zero-order valence-corrected chi connectivity index (χ0v) is 15.1. The molecule has 1 aliphatic heterocycles. The van der Waals surface area contributed by atoms with E-state index in [0.717, 1.165) is 18.2 Å². The van der Waals surface area contributed by atoms with Crippen molar-refractivity contribution in [3.8, 4) is 6.07 Å². The highest BCUT2D eigenvalue weighted by molar-refractivity contribution is 5.94. The summed E-state index contributed by atoms with van der Waals surface area (Å²) in [6.07, 6.45) is -1.22. The number of nitrogens with zero attached hydrogens (tertiary/aromatic N) is 2. The molecule has 1 saturated heterocycles. The molecular formula is C18H21F3N4O2. The summed E-state index contributed by atoms with van der Waals surface area (Å²) in [6.45, 7) is 3.06. The first-order valence-electron chi connectivity index (χ1n) is 8.45. The first-order chi connectivity index (χ1) is 12.6. The first kappa shape index (κ1) is 20.7. The van der Waals surface area contributed by atoms with Crippen LogP contribution in [0, 0.1) is 23.0 Å². The Bertz CT molecular complexity index is 743. The van der Waals surface area contributed by atoms with E-state index in [-0.39, 0.29) is 26.1 Å². The fourth-order valence-electron chi connectivity index (χ4n) is 2.77. The third-order valence-corrected chi connectivity index (χ3v) is 4.32. The molecule has 146 valence electrons. The molecule has 2 amide bonds. The van der Waals surface area contributed by atoms with E-state index in [1.165, 1.54) is 4.90 Å². The molecule has 2 atom stereocenters. The number of nitriles is 1. The monoisotopic (exact) mass is 382 g/mol. The molecule has 0 saturated carbocycles. The van der Waals surface area contributed by atoms with Crippen LogP contribution in [0.2, 0.25) is 0 Å². The van der Waals surface area contributed by atoms with Gasteiger partial charge in [-0.05, 0) is 26.0 Å². The fraction of sp³-hybridized carbons (Fsp3) is 0.500. The van der Waals surface area contributed by atoms with Crippen LogP contribution in [0.25, 0.3) is 0 Å². The van der Waals surface area contributed by atoms with Crippen molar-refractivity contribution >= 4 is 11.8 Å². The summed E-state index contributed by atoms with van der Waals surface area (Å²) in [5.41, 5.74) is -1.46. The minimum atomic E-state index is -1.22. The highest BCUT2D eigenvalue weighted by Crippen LogP contribution is 2.20. The second-order valence-electron chi connectivity index (χ2n) is 7.04. The van der Waals surface area contributed by atoms with Crippen LogP contribution in [0.1, 0.15) is 30.6 Å². The lowest BCUT2D eigenvalue weighted by Gasteiger charge is -2.28. The zero-order chi connectivity index (χ0) is 20.2. The molecule has 0 bridgehead atoms. The Labute approximate surface area is 155 Å². The largest absolute Gasteiger partial charge is 0.350 e. The number of benzene rings is 1. The molecule has 0 unspecified atom stereocenters. The molecule has 2 rings (SSSR count).